The number of carbonyl (C=O) groups excluding carboxylic acids is 1. The number of thiazole rings is 1. The maximum absolute atomic E-state index is 13.2. The summed E-state index contributed by atoms with van der Waals surface area (Å²) in [6.07, 6.45) is 7.11. The number of benzene rings is 1. The molecule has 0 radical (unpaired) electrons. The predicted molar refractivity (Wildman–Crippen MR) is 104 cm³/mol. The lowest BCUT2D eigenvalue weighted by Crippen LogP contribution is -2.36. The fourth-order valence-electron chi connectivity index (χ4n) is 3.50. The Bertz CT molecular complexity index is 836. The van der Waals surface area contributed by atoms with E-state index in [1.807, 2.05) is 52.7 Å². The Labute approximate surface area is 157 Å². The molecule has 4 rings (SSSR count). The number of nitrogens with zero attached hydrogens (tertiary/aromatic N) is 2. The highest BCUT2D eigenvalue weighted by Gasteiger charge is 2.29. The van der Waals surface area contributed by atoms with Gasteiger partial charge in [-0.05, 0) is 25.0 Å². The Hall–Kier alpha value is -2.40. The molecule has 1 saturated carbocycles. The van der Waals surface area contributed by atoms with Gasteiger partial charge in [0.15, 0.2) is 5.13 Å². The topological polar surface area (TPSA) is 46.3 Å². The first-order valence-electron chi connectivity index (χ1n) is 9.16. The molecule has 1 aliphatic carbocycles. The zero-order valence-electron chi connectivity index (χ0n) is 14.6. The van der Waals surface area contributed by atoms with Crippen LogP contribution in [0.1, 0.15) is 37.9 Å². The molecule has 1 aromatic carbocycles. The van der Waals surface area contributed by atoms with E-state index in [0.29, 0.717) is 6.54 Å². The molecule has 0 aliphatic heterocycles. The van der Waals surface area contributed by atoms with Crippen LogP contribution in [0.15, 0.2) is 58.5 Å². The Morgan fingerprint density at radius 2 is 1.92 bits per heavy atom. The van der Waals surface area contributed by atoms with E-state index in [2.05, 4.69) is 0 Å². The number of rotatable bonds is 5. The lowest BCUT2D eigenvalue weighted by atomic mass is 9.88. The van der Waals surface area contributed by atoms with Gasteiger partial charge in [-0.25, -0.2) is 4.98 Å². The molecule has 0 spiro atoms. The van der Waals surface area contributed by atoms with E-state index in [-0.39, 0.29) is 11.8 Å². The van der Waals surface area contributed by atoms with Crippen molar-refractivity contribution in [3.05, 3.63) is 59.9 Å². The minimum atomic E-state index is 0.0998. The highest BCUT2D eigenvalue weighted by atomic mass is 32.1. The molecular formula is C21H22N2O2S. The van der Waals surface area contributed by atoms with Crippen molar-refractivity contribution in [3.63, 3.8) is 0 Å². The largest absolute Gasteiger partial charge is 0.467 e. The van der Waals surface area contributed by atoms with E-state index in [1.165, 1.54) is 17.8 Å². The SMILES string of the molecule is O=C(C1CCCCC1)N(Cc1ccco1)c1nc(-c2ccccc2)cs1. The molecule has 134 valence electrons. The third kappa shape index (κ3) is 3.73. The minimum Gasteiger partial charge on any atom is -0.467 e. The van der Waals surface area contributed by atoms with Crippen LogP contribution in [-0.4, -0.2) is 10.9 Å². The van der Waals surface area contributed by atoms with Crippen molar-refractivity contribution in [2.75, 3.05) is 4.90 Å². The Morgan fingerprint density at radius 1 is 1.12 bits per heavy atom. The molecule has 5 heteroatoms. The van der Waals surface area contributed by atoms with Gasteiger partial charge in [-0.15, -0.1) is 11.3 Å². The number of carbonyl (C=O) groups is 1. The van der Waals surface area contributed by atoms with Crippen molar-refractivity contribution in [3.8, 4) is 11.3 Å². The van der Waals surface area contributed by atoms with Crippen molar-refractivity contribution >= 4 is 22.4 Å². The summed E-state index contributed by atoms with van der Waals surface area (Å²) in [7, 11) is 0. The Kier molecular flexibility index (Phi) is 5.16. The number of aromatic nitrogens is 1. The molecule has 0 bridgehead atoms. The third-order valence-electron chi connectivity index (χ3n) is 4.91. The van der Waals surface area contributed by atoms with Crippen LogP contribution in [0.3, 0.4) is 0 Å². The zero-order valence-corrected chi connectivity index (χ0v) is 15.5. The Balaban J connectivity index is 1.62. The average Bonchev–Trinajstić information content (AvgIpc) is 3.39. The zero-order chi connectivity index (χ0) is 17.8. The van der Waals surface area contributed by atoms with Gasteiger partial charge in [-0.1, -0.05) is 49.6 Å². The van der Waals surface area contributed by atoms with E-state index in [1.54, 1.807) is 6.26 Å². The van der Waals surface area contributed by atoms with E-state index < -0.39 is 0 Å². The van der Waals surface area contributed by atoms with Crippen LogP contribution in [0.25, 0.3) is 11.3 Å². The van der Waals surface area contributed by atoms with Crippen molar-refractivity contribution in [2.45, 2.75) is 38.6 Å². The lowest BCUT2D eigenvalue weighted by Gasteiger charge is -2.27. The first-order chi connectivity index (χ1) is 12.8. The molecule has 4 nitrogen and oxygen atoms in total. The monoisotopic (exact) mass is 366 g/mol. The third-order valence-corrected chi connectivity index (χ3v) is 5.77. The second-order valence-electron chi connectivity index (χ2n) is 6.72. The average molecular weight is 366 g/mol. The van der Waals surface area contributed by atoms with Gasteiger partial charge >= 0.3 is 0 Å². The summed E-state index contributed by atoms with van der Waals surface area (Å²) in [6.45, 7) is 0.435. The van der Waals surface area contributed by atoms with Crippen molar-refractivity contribution in [1.29, 1.82) is 0 Å². The van der Waals surface area contributed by atoms with Crippen molar-refractivity contribution < 1.29 is 9.21 Å². The van der Waals surface area contributed by atoms with Crippen molar-refractivity contribution in [1.82, 2.24) is 4.98 Å². The molecule has 1 aliphatic rings. The van der Waals surface area contributed by atoms with Crippen LogP contribution >= 0.6 is 11.3 Å². The van der Waals surface area contributed by atoms with E-state index in [4.69, 9.17) is 9.40 Å². The van der Waals surface area contributed by atoms with Crippen molar-refractivity contribution in [2.24, 2.45) is 5.92 Å². The smallest absolute Gasteiger partial charge is 0.232 e. The highest BCUT2D eigenvalue weighted by molar-refractivity contribution is 7.14. The minimum absolute atomic E-state index is 0.0998. The van der Waals surface area contributed by atoms with Gasteiger partial charge < -0.3 is 4.42 Å². The molecule has 3 aromatic rings. The van der Waals surface area contributed by atoms with E-state index in [0.717, 1.165) is 47.8 Å². The standard InChI is InChI=1S/C21H22N2O2S/c24-20(17-10-5-2-6-11-17)23(14-18-12-7-13-25-18)21-22-19(15-26-21)16-8-3-1-4-9-16/h1,3-4,7-9,12-13,15,17H,2,5-6,10-11,14H2. The molecule has 1 fully saturated rings. The fourth-order valence-corrected chi connectivity index (χ4v) is 4.34. The van der Waals surface area contributed by atoms with Gasteiger partial charge in [0.2, 0.25) is 5.91 Å². The van der Waals surface area contributed by atoms with Crippen LogP contribution in [0.5, 0.6) is 0 Å². The van der Waals surface area contributed by atoms with E-state index >= 15 is 0 Å². The van der Waals surface area contributed by atoms with Crippen LogP contribution in [-0.2, 0) is 11.3 Å². The molecule has 0 unspecified atom stereocenters. The van der Waals surface area contributed by atoms with Gasteiger partial charge in [0, 0.05) is 16.9 Å². The van der Waals surface area contributed by atoms with E-state index in [9.17, 15) is 4.79 Å². The normalized spacial score (nSPS) is 15.1. The van der Waals surface area contributed by atoms with Gasteiger partial charge in [0.05, 0.1) is 18.5 Å². The Morgan fingerprint density at radius 3 is 2.65 bits per heavy atom. The van der Waals surface area contributed by atoms with Gasteiger partial charge in [0.1, 0.15) is 5.76 Å². The molecular weight excluding hydrogens is 344 g/mol. The maximum atomic E-state index is 13.2. The molecule has 26 heavy (non-hydrogen) atoms. The predicted octanol–water partition coefficient (Wildman–Crippen LogP) is 5.52. The summed E-state index contributed by atoms with van der Waals surface area (Å²) in [4.78, 5) is 19.8. The molecule has 0 saturated heterocycles. The highest BCUT2D eigenvalue weighted by Crippen LogP contribution is 2.32. The van der Waals surface area contributed by atoms with Gasteiger partial charge in [0.25, 0.3) is 0 Å². The van der Waals surface area contributed by atoms with Crippen LogP contribution in [0.4, 0.5) is 5.13 Å². The number of anilines is 1. The summed E-state index contributed by atoms with van der Waals surface area (Å²) in [5.41, 5.74) is 1.98. The van der Waals surface area contributed by atoms with Crippen LogP contribution < -0.4 is 4.90 Å². The first kappa shape index (κ1) is 17.0. The first-order valence-corrected chi connectivity index (χ1v) is 10.0. The summed E-state index contributed by atoms with van der Waals surface area (Å²) in [5, 5.41) is 2.77. The summed E-state index contributed by atoms with van der Waals surface area (Å²) < 4.78 is 5.50. The maximum Gasteiger partial charge on any atom is 0.232 e. The summed E-state index contributed by atoms with van der Waals surface area (Å²) >= 11 is 1.52. The second kappa shape index (κ2) is 7.87. The van der Waals surface area contributed by atoms with Gasteiger partial charge in [-0.2, -0.15) is 0 Å². The van der Waals surface area contributed by atoms with Crippen LogP contribution in [0.2, 0.25) is 0 Å². The number of furan rings is 1. The van der Waals surface area contributed by atoms with Crippen LogP contribution in [0, 0.1) is 5.92 Å². The second-order valence-corrected chi connectivity index (χ2v) is 7.56. The quantitative estimate of drug-likeness (QED) is 0.597. The number of amides is 1. The molecule has 0 N–H and O–H groups in total. The summed E-state index contributed by atoms with van der Waals surface area (Å²) in [6, 6.07) is 13.8. The summed E-state index contributed by atoms with van der Waals surface area (Å²) in [5.74, 6) is 1.06. The molecule has 1 amide bonds. The molecule has 0 atom stereocenters. The molecule has 2 aromatic heterocycles. The van der Waals surface area contributed by atoms with Gasteiger partial charge in [-0.3, -0.25) is 9.69 Å². The number of hydrogen-bond donors (Lipinski definition) is 0. The molecule has 2 heterocycles. The fraction of sp³-hybridized carbons (Fsp3) is 0.333. The lowest BCUT2D eigenvalue weighted by molar-refractivity contribution is -0.123. The number of hydrogen-bond acceptors (Lipinski definition) is 4.